The fourth-order valence-electron chi connectivity index (χ4n) is 0.594. The SMILES string of the molecule is [N-]=[N+]=Nc1ccoc1/C=N/O. The lowest BCUT2D eigenvalue weighted by molar-refractivity contribution is 0.320. The van der Waals surface area contributed by atoms with E-state index in [0.29, 0.717) is 5.69 Å². The molecule has 0 aromatic carbocycles. The van der Waals surface area contributed by atoms with Gasteiger partial charge < -0.3 is 9.62 Å². The number of hydrogen-bond donors (Lipinski definition) is 1. The summed E-state index contributed by atoms with van der Waals surface area (Å²) in [4.78, 5) is 2.54. The van der Waals surface area contributed by atoms with Crippen LogP contribution in [0.25, 0.3) is 10.4 Å². The third-order valence-electron chi connectivity index (χ3n) is 1.00. The molecule has 1 aromatic heterocycles. The van der Waals surface area contributed by atoms with Gasteiger partial charge in [0.25, 0.3) is 0 Å². The van der Waals surface area contributed by atoms with Crippen molar-refractivity contribution in [3.63, 3.8) is 0 Å². The van der Waals surface area contributed by atoms with Crippen LogP contribution in [-0.2, 0) is 0 Å². The number of oxime groups is 1. The summed E-state index contributed by atoms with van der Waals surface area (Å²) in [5, 5.41) is 14.1. The Morgan fingerprint density at radius 1 is 1.73 bits per heavy atom. The molecule has 0 bridgehead atoms. The van der Waals surface area contributed by atoms with Crippen LogP contribution in [0.2, 0.25) is 0 Å². The van der Waals surface area contributed by atoms with Crippen molar-refractivity contribution >= 4 is 11.9 Å². The molecule has 0 radical (unpaired) electrons. The van der Waals surface area contributed by atoms with Crippen LogP contribution in [0.15, 0.2) is 27.0 Å². The molecule has 0 aliphatic carbocycles. The molecule has 0 spiro atoms. The third-order valence-corrected chi connectivity index (χ3v) is 1.00. The molecule has 0 unspecified atom stereocenters. The zero-order valence-corrected chi connectivity index (χ0v) is 5.38. The van der Waals surface area contributed by atoms with Crippen molar-refractivity contribution in [3.8, 4) is 0 Å². The summed E-state index contributed by atoms with van der Waals surface area (Å²) in [6, 6.07) is 1.47. The maximum Gasteiger partial charge on any atom is 0.157 e. The standard InChI is InChI=1S/C5H4N4O2/c6-9-8-4-1-2-11-5(4)3-7-10/h1-3,10H/b7-3+. The Kier molecular flexibility index (Phi) is 2.14. The van der Waals surface area contributed by atoms with Crippen LogP contribution in [0.3, 0.4) is 0 Å². The normalized spacial score (nSPS) is 9.82. The molecule has 0 saturated carbocycles. The highest BCUT2D eigenvalue weighted by molar-refractivity contribution is 5.82. The largest absolute Gasteiger partial charge is 0.463 e. The Labute approximate surface area is 61.4 Å². The number of azide groups is 1. The van der Waals surface area contributed by atoms with Crippen molar-refractivity contribution in [1.29, 1.82) is 0 Å². The van der Waals surface area contributed by atoms with Gasteiger partial charge in [-0.2, -0.15) is 0 Å². The van der Waals surface area contributed by atoms with E-state index in [9.17, 15) is 0 Å². The molecule has 0 fully saturated rings. The maximum atomic E-state index is 8.11. The number of hydrogen-bond acceptors (Lipinski definition) is 4. The lowest BCUT2D eigenvalue weighted by Crippen LogP contribution is -1.73. The van der Waals surface area contributed by atoms with Gasteiger partial charge in [-0.1, -0.05) is 10.3 Å². The number of rotatable bonds is 2. The molecule has 6 heteroatoms. The Hall–Kier alpha value is -1.94. The van der Waals surface area contributed by atoms with Crippen LogP contribution in [0.4, 0.5) is 5.69 Å². The lowest BCUT2D eigenvalue weighted by atomic mass is 10.4. The Morgan fingerprint density at radius 2 is 2.55 bits per heavy atom. The maximum absolute atomic E-state index is 8.11. The number of nitrogens with zero attached hydrogens (tertiary/aromatic N) is 4. The van der Waals surface area contributed by atoms with Crippen molar-refractivity contribution in [2.75, 3.05) is 0 Å². The van der Waals surface area contributed by atoms with Gasteiger partial charge in [-0.3, -0.25) is 0 Å². The molecule has 1 aromatic rings. The third kappa shape index (κ3) is 1.50. The minimum atomic E-state index is 0.227. The predicted molar refractivity (Wildman–Crippen MR) is 36.9 cm³/mol. The summed E-state index contributed by atoms with van der Waals surface area (Å²) >= 11 is 0. The monoisotopic (exact) mass is 152 g/mol. The fraction of sp³-hybridized carbons (Fsp3) is 0. The summed E-state index contributed by atoms with van der Waals surface area (Å²) in [6.07, 6.45) is 2.38. The second-order valence-electron chi connectivity index (χ2n) is 1.60. The predicted octanol–water partition coefficient (Wildman–Crippen LogP) is 2.03. The second-order valence-corrected chi connectivity index (χ2v) is 1.60. The van der Waals surface area contributed by atoms with Crippen LogP contribution < -0.4 is 0 Å². The average Bonchev–Trinajstić information content (AvgIpc) is 2.39. The van der Waals surface area contributed by atoms with Gasteiger partial charge in [0.2, 0.25) is 0 Å². The zero-order valence-electron chi connectivity index (χ0n) is 5.38. The summed E-state index contributed by atoms with van der Waals surface area (Å²) in [5.74, 6) is 0.227. The summed E-state index contributed by atoms with van der Waals surface area (Å²) in [7, 11) is 0. The van der Waals surface area contributed by atoms with Gasteiger partial charge in [-0.15, -0.1) is 0 Å². The van der Waals surface area contributed by atoms with E-state index < -0.39 is 0 Å². The van der Waals surface area contributed by atoms with E-state index in [1.807, 2.05) is 0 Å². The molecule has 11 heavy (non-hydrogen) atoms. The first-order valence-corrected chi connectivity index (χ1v) is 2.68. The van der Waals surface area contributed by atoms with Crippen LogP contribution in [0, 0.1) is 0 Å². The fourth-order valence-corrected chi connectivity index (χ4v) is 0.594. The van der Waals surface area contributed by atoms with Gasteiger partial charge in [0.05, 0.1) is 12.0 Å². The van der Waals surface area contributed by atoms with Gasteiger partial charge in [0, 0.05) is 4.91 Å². The highest BCUT2D eigenvalue weighted by Crippen LogP contribution is 2.17. The summed E-state index contributed by atoms with van der Waals surface area (Å²) < 4.78 is 4.78. The van der Waals surface area contributed by atoms with Gasteiger partial charge in [-0.25, -0.2) is 0 Å². The first kappa shape index (κ1) is 7.17. The van der Waals surface area contributed by atoms with Crippen LogP contribution >= 0.6 is 0 Å². The van der Waals surface area contributed by atoms with Crippen molar-refractivity contribution < 1.29 is 9.62 Å². The first-order valence-electron chi connectivity index (χ1n) is 2.68. The molecule has 1 N–H and O–H groups in total. The molecule has 0 saturated heterocycles. The minimum absolute atomic E-state index is 0.227. The second kappa shape index (κ2) is 3.28. The van der Waals surface area contributed by atoms with Gasteiger partial charge >= 0.3 is 0 Å². The van der Waals surface area contributed by atoms with E-state index in [1.54, 1.807) is 0 Å². The molecule has 0 aliphatic rings. The van der Waals surface area contributed by atoms with Crippen LogP contribution in [-0.4, -0.2) is 11.4 Å². The van der Waals surface area contributed by atoms with Crippen molar-refractivity contribution in [2.24, 2.45) is 10.3 Å². The van der Waals surface area contributed by atoms with Gasteiger partial charge in [-0.05, 0) is 11.6 Å². The van der Waals surface area contributed by atoms with E-state index in [0.717, 1.165) is 6.21 Å². The van der Waals surface area contributed by atoms with E-state index in [4.69, 9.17) is 15.2 Å². The molecule has 1 rings (SSSR count). The Balaban J connectivity index is 3.04. The molecule has 0 amide bonds. The van der Waals surface area contributed by atoms with E-state index >= 15 is 0 Å². The average molecular weight is 152 g/mol. The van der Waals surface area contributed by atoms with E-state index in [2.05, 4.69) is 15.2 Å². The van der Waals surface area contributed by atoms with Crippen molar-refractivity contribution in [1.82, 2.24) is 0 Å². The van der Waals surface area contributed by atoms with Gasteiger partial charge in [0.1, 0.15) is 6.21 Å². The highest BCUT2D eigenvalue weighted by Gasteiger charge is 1.99. The van der Waals surface area contributed by atoms with E-state index in [-0.39, 0.29) is 5.76 Å². The smallest absolute Gasteiger partial charge is 0.157 e. The quantitative estimate of drug-likeness (QED) is 0.175. The molecular formula is C5H4N4O2. The van der Waals surface area contributed by atoms with E-state index in [1.165, 1.54) is 12.3 Å². The molecular weight excluding hydrogens is 148 g/mol. The van der Waals surface area contributed by atoms with Crippen molar-refractivity contribution in [3.05, 3.63) is 28.5 Å². The number of furan rings is 1. The van der Waals surface area contributed by atoms with Crippen LogP contribution in [0.1, 0.15) is 5.76 Å². The van der Waals surface area contributed by atoms with Gasteiger partial charge in [0.15, 0.2) is 5.76 Å². The molecule has 56 valence electrons. The Bertz CT molecular complexity index is 310. The lowest BCUT2D eigenvalue weighted by Gasteiger charge is -1.82. The first-order chi connectivity index (χ1) is 5.38. The molecule has 0 atom stereocenters. The minimum Gasteiger partial charge on any atom is -0.463 e. The summed E-state index contributed by atoms with van der Waals surface area (Å²) in [5.41, 5.74) is 8.34. The molecule has 1 heterocycles. The topological polar surface area (TPSA) is 94.5 Å². The highest BCUT2D eigenvalue weighted by atomic mass is 16.4. The summed E-state index contributed by atoms with van der Waals surface area (Å²) in [6.45, 7) is 0. The molecule has 0 aliphatic heterocycles. The zero-order chi connectivity index (χ0) is 8.10. The Morgan fingerprint density at radius 3 is 3.18 bits per heavy atom. The van der Waals surface area contributed by atoms with Crippen molar-refractivity contribution in [2.45, 2.75) is 0 Å². The van der Waals surface area contributed by atoms with Crippen LogP contribution in [0.5, 0.6) is 0 Å². The molecule has 6 nitrogen and oxygen atoms in total.